The van der Waals surface area contributed by atoms with Gasteiger partial charge in [0, 0.05) is 5.88 Å². The van der Waals surface area contributed by atoms with Gasteiger partial charge in [0.25, 0.3) is 0 Å². The monoisotopic (exact) mass is 171 g/mol. The van der Waals surface area contributed by atoms with Gasteiger partial charge in [-0.1, -0.05) is 5.75 Å². The minimum Gasteiger partial charge on any atom is -0.834 e. The van der Waals surface area contributed by atoms with Crippen LogP contribution in [0.3, 0.4) is 0 Å². The molecule has 0 spiro atoms. The van der Waals surface area contributed by atoms with Crippen LogP contribution >= 0.6 is 22.5 Å². The maximum atomic E-state index is 9.91. The van der Waals surface area contributed by atoms with E-state index in [1.807, 2.05) is 0 Å². The summed E-state index contributed by atoms with van der Waals surface area (Å²) >= 11 is 5.23. The number of alkyl halides is 1. The molecular formula is C4H8ClO3S-3. The molecular weight excluding hydrogens is 164 g/mol. The van der Waals surface area contributed by atoms with Crippen LogP contribution in [-0.4, -0.2) is 25.3 Å². The van der Waals surface area contributed by atoms with Crippen molar-refractivity contribution in [3.05, 3.63) is 0 Å². The topological polar surface area (TPSA) is 69.2 Å². The summed E-state index contributed by atoms with van der Waals surface area (Å²) in [6, 6.07) is 0. The van der Waals surface area contributed by atoms with Gasteiger partial charge < -0.3 is 24.5 Å². The van der Waals surface area contributed by atoms with Crippen LogP contribution in [0.1, 0.15) is 12.8 Å². The van der Waals surface area contributed by atoms with Crippen LogP contribution in [0.4, 0.5) is 0 Å². The van der Waals surface area contributed by atoms with Gasteiger partial charge in [0.15, 0.2) is 0 Å². The van der Waals surface area contributed by atoms with Gasteiger partial charge in [0.2, 0.25) is 0 Å². The molecule has 0 fully saturated rings. The molecule has 0 saturated heterocycles. The van der Waals surface area contributed by atoms with E-state index < -0.39 is 10.9 Å². The molecule has 0 unspecified atom stereocenters. The summed E-state index contributed by atoms with van der Waals surface area (Å²) in [4.78, 5) is 0. The maximum Gasteiger partial charge on any atom is 0.0223 e. The summed E-state index contributed by atoms with van der Waals surface area (Å²) in [5.74, 6) is 0.120. The van der Waals surface area contributed by atoms with Crippen molar-refractivity contribution in [3.8, 4) is 0 Å². The van der Waals surface area contributed by atoms with E-state index in [0.29, 0.717) is 18.7 Å². The molecule has 5 heteroatoms. The number of unbranched alkanes of at least 4 members (excludes halogenated alkanes) is 1. The Balaban J connectivity index is 3.07. The van der Waals surface area contributed by atoms with Crippen LogP contribution in [0.15, 0.2) is 0 Å². The van der Waals surface area contributed by atoms with Gasteiger partial charge >= 0.3 is 0 Å². The summed E-state index contributed by atoms with van der Waals surface area (Å²) in [5, 5.41) is 0. The number of hydrogen-bond donors (Lipinski definition) is 0. The third-order valence-electron chi connectivity index (χ3n) is 0.778. The van der Waals surface area contributed by atoms with Gasteiger partial charge in [-0.05, 0) is 12.8 Å². The van der Waals surface area contributed by atoms with Gasteiger partial charge in [0.1, 0.15) is 0 Å². The molecule has 0 heterocycles. The molecule has 9 heavy (non-hydrogen) atoms. The second-order valence-electron chi connectivity index (χ2n) is 1.66. The lowest BCUT2D eigenvalue weighted by molar-refractivity contribution is 0.332. The Morgan fingerprint density at radius 3 is 2.00 bits per heavy atom. The third kappa shape index (κ3) is 8.52. The van der Waals surface area contributed by atoms with Crippen LogP contribution in [0.5, 0.6) is 0 Å². The maximum absolute atomic E-state index is 9.91. The first-order valence-corrected chi connectivity index (χ1v) is 4.67. The Hall–Kier alpha value is 0.520. The highest BCUT2D eigenvalue weighted by atomic mass is 35.5. The molecule has 0 atom stereocenters. The fraction of sp³-hybridized carbons (Fsp3) is 1.00. The molecule has 0 aliphatic carbocycles. The molecule has 0 amide bonds. The molecule has 0 aliphatic heterocycles. The molecule has 0 saturated carbocycles. The van der Waals surface area contributed by atoms with Crippen molar-refractivity contribution < 1.29 is 13.7 Å². The van der Waals surface area contributed by atoms with Gasteiger partial charge in [-0.2, -0.15) is 0 Å². The first kappa shape index (κ1) is 9.52. The summed E-state index contributed by atoms with van der Waals surface area (Å²) in [5.41, 5.74) is 0. The second-order valence-corrected chi connectivity index (χ2v) is 3.56. The molecule has 0 aromatic rings. The lowest BCUT2D eigenvalue weighted by atomic mass is 10.4. The molecule has 0 aliphatic rings. The highest BCUT2D eigenvalue weighted by Gasteiger charge is 1.83. The van der Waals surface area contributed by atoms with E-state index >= 15 is 0 Å². The van der Waals surface area contributed by atoms with E-state index in [-0.39, 0.29) is 5.75 Å². The van der Waals surface area contributed by atoms with Gasteiger partial charge in [0.05, 0.1) is 0 Å². The van der Waals surface area contributed by atoms with E-state index in [1.165, 1.54) is 0 Å². The first-order chi connectivity index (χ1) is 4.06. The minimum atomic E-state index is -4.01. The lowest BCUT2D eigenvalue weighted by Crippen LogP contribution is -2.01. The Labute approximate surface area is 61.2 Å². The molecule has 0 aromatic carbocycles. The number of halogens is 1. The zero-order valence-electron chi connectivity index (χ0n) is 4.84. The summed E-state index contributed by atoms with van der Waals surface area (Å²) < 4.78 is 29.7. The highest BCUT2D eigenvalue weighted by Crippen LogP contribution is 2.32. The van der Waals surface area contributed by atoms with Crippen LogP contribution in [0.2, 0.25) is 0 Å². The minimum absolute atomic E-state index is 0.292. The SMILES string of the molecule is [O-]S([O-])([O-])CCCCCl. The molecule has 0 aromatic heterocycles. The van der Waals surface area contributed by atoms with Crippen molar-refractivity contribution in [2.75, 3.05) is 11.6 Å². The third-order valence-corrected chi connectivity index (χ3v) is 1.83. The van der Waals surface area contributed by atoms with Crippen LogP contribution in [0.25, 0.3) is 0 Å². The second kappa shape index (κ2) is 4.35. The van der Waals surface area contributed by atoms with E-state index in [2.05, 4.69) is 0 Å². The summed E-state index contributed by atoms with van der Waals surface area (Å²) in [6.45, 7) is 0. The van der Waals surface area contributed by atoms with Crippen molar-refractivity contribution in [1.82, 2.24) is 0 Å². The molecule has 58 valence electrons. The number of hydrogen-bond acceptors (Lipinski definition) is 3. The highest BCUT2D eigenvalue weighted by molar-refractivity contribution is 8.19. The Morgan fingerprint density at radius 2 is 1.67 bits per heavy atom. The molecule has 3 nitrogen and oxygen atoms in total. The van der Waals surface area contributed by atoms with Crippen molar-refractivity contribution in [2.24, 2.45) is 0 Å². The normalized spacial score (nSPS) is 13.8. The van der Waals surface area contributed by atoms with Crippen molar-refractivity contribution in [3.63, 3.8) is 0 Å². The van der Waals surface area contributed by atoms with Crippen LogP contribution in [0, 0.1) is 0 Å². The molecule has 0 rings (SSSR count). The lowest BCUT2D eigenvalue weighted by Gasteiger charge is -2.64. The predicted molar refractivity (Wildman–Crippen MR) is 34.7 cm³/mol. The molecule has 0 N–H and O–H groups in total. The van der Waals surface area contributed by atoms with E-state index in [0.717, 1.165) is 0 Å². The standard InChI is InChI=1S/C4H11ClO3S/c5-3-1-2-4-9(6,7)8/h6-8H,1-4H2/p-3. The van der Waals surface area contributed by atoms with Gasteiger partial charge in [-0.15, -0.1) is 11.6 Å². The molecule has 0 bridgehead atoms. The summed E-state index contributed by atoms with van der Waals surface area (Å²) in [6.07, 6.45) is 0.957. The zero-order valence-corrected chi connectivity index (χ0v) is 6.41. The fourth-order valence-electron chi connectivity index (χ4n) is 0.373. The quantitative estimate of drug-likeness (QED) is 0.472. The Morgan fingerprint density at radius 1 is 1.11 bits per heavy atom. The predicted octanol–water partition coefficient (Wildman–Crippen LogP) is 1.20. The Kier molecular flexibility index (Phi) is 4.61. The zero-order chi connectivity index (χ0) is 7.33. The summed E-state index contributed by atoms with van der Waals surface area (Å²) in [7, 11) is -4.01. The van der Waals surface area contributed by atoms with Gasteiger partial charge in [-0.3, -0.25) is 0 Å². The first-order valence-electron chi connectivity index (χ1n) is 2.56. The Bertz CT molecular complexity index is 72.7. The van der Waals surface area contributed by atoms with Crippen molar-refractivity contribution in [1.29, 1.82) is 0 Å². The molecule has 0 radical (unpaired) electrons. The smallest absolute Gasteiger partial charge is 0.0223 e. The average Bonchev–Trinajstić information content (AvgIpc) is 1.63. The van der Waals surface area contributed by atoms with E-state index in [4.69, 9.17) is 11.6 Å². The van der Waals surface area contributed by atoms with Crippen LogP contribution < -0.4 is 0 Å². The fourth-order valence-corrected chi connectivity index (χ4v) is 1.12. The van der Waals surface area contributed by atoms with Crippen molar-refractivity contribution >= 4 is 22.5 Å². The van der Waals surface area contributed by atoms with E-state index in [9.17, 15) is 13.7 Å². The van der Waals surface area contributed by atoms with E-state index in [1.54, 1.807) is 0 Å². The van der Waals surface area contributed by atoms with Crippen molar-refractivity contribution in [2.45, 2.75) is 12.8 Å². The largest absolute Gasteiger partial charge is 0.834 e. The number of rotatable bonds is 4. The average molecular weight is 172 g/mol. The van der Waals surface area contributed by atoms with Crippen LogP contribution in [-0.2, 0) is 0 Å². The van der Waals surface area contributed by atoms with Gasteiger partial charge in [-0.25, -0.2) is 0 Å².